The summed E-state index contributed by atoms with van der Waals surface area (Å²) in [5.41, 5.74) is 0.926. The van der Waals surface area contributed by atoms with Crippen molar-refractivity contribution in [2.75, 3.05) is 36.5 Å². The smallest absolute Gasteiger partial charge is 0.258 e. The number of benzene rings is 1. The second-order valence-electron chi connectivity index (χ2n) is 4.95. The van der Waals surface area contributed by atoms with Crippen LogP contribution < -0.4 is 10.2 Å². The molecule has 1 aromatic carbocycles. The minimum Gasteiger partial charge on any atom is -0.378 e. The van der Waals surface area contributed by atoms with E-state index in [1.807, 2.05) is 4.90 Å². The Balaban J connectivity index is 1.68. The lowest BCUT2D eigenvalue weighted by Gasteiger charge is -2.26. The largest absolute Gasteiger partial charge is 0.378 e. The van der Waals surface area contributed by atoms with Crippen LogP contribution in [0, 0.1) is 0 Å². The zero-order chi connectivity index (χ0) is 16.2. The Morgan fingerprint density at radius 1 is 1.13 bits per heavy atom. The number of aromatic nitrogens is 2. The molecule has 6 nitrogen and oxygen atoms in total. The summed E-state index contributed by atoms with van der Waals surface area (Å²) in [6, 6.07) is 4.89. The molecule has 1 amide bonds. The number of halogens is 2. The van der Waals surface area contributed by atoms with Crippen LogP contribution in [0.5, 0.6) is 0 Å². The van der Waals surface area contributed by atoms with Crippen molar-refractivity contribution in [2.24, 2.45) is 0 Å². The lowest BCUT2D eigenvalue weighted by molar-refractivity contribution is 0.102. The quantitative estimate of drug-likeness (QED) is 0.919. The van der Waals surface area contributed by atoms with Crippen LogP contribution in [0.25, 0.3) is 0 Å². The van der Waals surface area contributed by atoms with E-state index in [-0.39, 0.29) is 5.91 Å². The molecule has 120 valence electrons. The van der Waals surface area contributed by atoms with Gasteiger partial charge in [0.1, 0.15) is 0 Å². The summed E-state index contributed by atoms with van der Waals surface area (Å²) in [6.45, 7) is 2.80. The first-order valence-electron chi connectivity index (χ1n) is 7.04. The molecule has 0 bridgehead atoms. The molecule has 0 atom stereocenters. The number of nitrogens with zero attached hydrogens (tertiary/aromatic N) is 3. The van der Waals surface area contributed by atoms with Crippen LogP contribution in [0.2, 0.25) is 10.0 Å². The molecule has 0 spiro atoms. The number of ether oxygens (including phenoxy) is 1. The van der Waals surface area contributed by atoms with Gasteiger partial charge in [-0.2, -0.15) is 0 Å². The molecule has 23 heavy (non-hydrogen) atoms. The molecule has 2 heterocycles. The highest BCUT2D eigenvalue weighted by molar-refractivity contribution is 6.42. The molecule has 0 saturated carbocycles. The number of carbonyl (C=O) groups is 1. The van der Waals surface area contributed by atoms with Crippen LogP contribution in [-0.4, -0.2) is 42.2 Å². The van der Waals surface area contributed by atoms with Gasteiger partial charge >= 0.3 is 0 Å². The SMILES string of the molecule is O=C(Nc1ccc(Cl)c(Cl)c1)c1cnc(N2CCOCC2)nc1. The lowest BCUT2D eigenvalue weighted by atomic mass is 10.2. The fraction of sp³-hybridized carbons (Fsp3) is 0.267. The number of hydrogen-bond acceptors (Lipinski definition) is 5. The highest BCUT2D eigenvalue weighted by Crippen LogP contribution is 2.25. The molecular formula is C15H14Cl2N4O2. The van der Waals surface area contributed by atoms with Crippen molar-refractivity contribution in [2.45, 2.75) is 0 Å². The Morgan fingerprint density at radius 3 is 2.48 bits per heavy atom. The Morgan fingerprint density at radius 2 is 1.83 bits per heavy atom. The average Bonchev–Trinajstić information content (AvgIpc) is 2.59. The zero-order valence-electron chi connectivity index (χ0n) is 12.1. The predicted octanol–water partition coefficient (Wildman–Crippen LogP) is 2.87. The van der Waals surface area contributed by atoms with Crippen LogP contribution in [0.3, 0.4) is 0 Å². The van der Waals surface area contributed by atoms with E-state index in [9.17, 15) is 4.79 Å². The number of morpholine rings is 1. The summed E-state index contributed by atoms with van der Waals surface area (Å²) >= 11 is 11.8. The first kappa shape index (κ1) is 16.0. The molecule has 3 rings (SSSR count). The molecule has 0 unspecified atom stereocenters. The maximum Gasteiger partial charge on any atom is 0.258 e. The van der Waals surface area contributed by atoms with Crippen molar-refractivity contribution in [1.82, 2.24) is 9.97 Å². The van der Waals surface area contributed by atoms with Crippen molar-refractivity contribution in [3.05, 3.63) is 46.2 Å². The molecule has 1 aliphatic rings. The second-order valence-corrected chi connectivity index (χ2v) is 5.77. The van der Waals surface area contributed by atoms with Gasteiger partial charge in [-0.15, -0.1) is 0 Å². The summed E-state index contributed by atoms with van der Waals surface area (Å²) in [7, 11) is 0. The number of rotatable bonds is 3. The van der Waals surface area contributed by atoms with Crippen molar-refractivity contribution in [1.29, 1.82) is 0 Å². The van der Waals surface area contributed by atoms with Gasteiger partial charge in [-0.3, -0.25) is 4.79 Å². The summed E-state index contributed by atoms with van der Waals surface area (Å²) in [5, 5.41) is 3.54. The topological polar surface area (TPSA) is 67.4 Å². The zero-order valence-corrected chi connectivity index (χ0v) is 13.6. The van der Waals surface area contributed by atoms with Gasteiger partial charge < -0.3 is 15.0 Å². The van der Waals surface area contributed by atoms with Crippen LogP contribution in [0.4, 0.5) is 11.6 Å². The Bertz CT molecular complexity index is 703. The van der Waals surface area contributed by atoms with Crippen LogP contribution in [0.15, 0.2) is 30.6 Å². The molecule has 1 N–H and O–H groups in total. The minimum absolute atomic E-state index is 0.308. The third-order valence-electron chi connectivity index (χ3n) is 3.37. The van der Waals surface area contributed by atoms with E-state index < -0.39 is 0 Å². The molecule has 0 aliphatic carbocycles. The third kappa shape index (κ3) is 3.90. The van der Waals surface area contributed by atoms with E-state index in [0.29, 0.717) is 40.5 Å². The third-order valence-corrected chi connectivity index (χ3v) is 4.11. The van der Waals surface area contributed by atoms with Gasteiger partial charge in [0.05, 0.1) is 28.8 Å². The molecule has 2 aromatic rings. The maximum absolute atomic E-state index is 12.2. The van der Waals surface area contributed by atoms with Gasteiger partial charge in [0.25, 0.3) is 5.91 Å². The van der Waals surface area contributed by atoms with E-state index in [4.69, 9.17) is 27.9 Å². The summed E-state index contributed by atoms with van der Waals surface area (Å²) < 4.78 is 5.29. The Hall–Kier alpha value is -1.89. The molecular weight excluding hydrogens is 339 g/mol. The van der Waals surface area contributed by atoms with Crippen molar-refractivity contribution >= 4 is 40.7 Å². The molecule has 8 heteroatoms. The van der Waals surface area contributed by atoms with Crippen LogP contribution >= 0.6 is 23.2 Å². The van der Waals surface area contributed by atoms with Crippen molar-refractivity contribution in [3.8, 4) is 0 Å². The molecule has 1 fully saturated rings. The van der Waals surface area contributed by atoms with Gasteiger partial charge in [0.15, 0.2) is 0 Å². The maximum atomic E-state index is 12.2. The van der Waals surface area contributed by atoms with Gasteiger partial charge in [0, 0.05) is 31.2 Å². The summed E-state index contributed by atoms with van der Waals surface area (Å²) in [5.74, 6) is 0.288. The monoisotopic (exact) mass is 352 g/mol. The van der Waals surface area contributed by atoms with E-state index in [2.05, 4.69) is 15.3 Å². The highest BCUT2D eigenvalue weighted by Gasteiger charge is 2.15. The normalized spacial score (nSPS) is 14.6. The van der Waals surface area contributed by atoms with Gasteiger partial charge in [0.2, 0.25) is 5.95 Å². The second kappa shape index (κ2) is 7.12. The number of amides is 1. The van der Waals surface area contributed by atoms with Gasteiger partial charge in [-0.25, -0.2) is 9.97 Å². The summed E-state index contributed by atoms with van der Waals surface area (Å²) in [4.78, 5) is 22.7. The van der Waals surface area contributed by atoms with E-state index in [1.54, 1.807) is 18.2 Å². The van der Waals surface area contributed by atoms with Crippen molar-refractivity contribution < 1.29 is 9.53 Å². The van der Waals surface area contributed by atoms with E-state index in [0.717, 1.165) is 13.1 Å². The number of hydrogen-bond donors (Lipinski definition) is 1. The number of carbonyl (C=O) groups excluding carboxylic acids is 1. The average molecular weight is 353 g/mol. The molecule has 0 radical (unpaired) electrons. The van der Waals surface area contributed by atoms with Crippen LogP contribution in [0.1, 0.15) is 10.4 Å². The van der Waals surface area contributed by atoms with Crippen molar-refractivity contribution in [3.63, 3.8) is 0 Å². The standard InChI is InChI=1S/C15H14Cl2N4O2/c16-12-2-1-11(7-13(12)17)20-14(22)10-8-18-15(19-9-10)21-3-5-23-6-4-21/h1-2,7-9H,3-6H2,(H,20,22). The fourth-order valence-corrected chi connectivity index (χ4v) is 2.44. The van der Waals surface area contributed by atoms with Gasteiger partial charge in [-0.05, 0) is 18.2 Å². The summed E-state index contributed by atoms with van der Waals surface area (Å²) in [6.07, 6.45) is 3.01. The van der Waals surface area contributed by atoms with Gasteiger partial charge in [-0.1, -0.05) is 23.2 Å². The Labute approximate surface area is 143 Å². The first-order chi connectivity index (χ1) is 11.1. The molecule has 1 aliphatic heterocycles. The van der Waals surface area contributed by atoms with E-state index >= 15 is 0 Å². The Kier molecular flexibility index (Phi) is 4.95. The van der Waals surface area contributed by atoms with Crippen LogP contribution in [-0.2, 0) is 4.74 Å². The molecule has 1 aromatic heterocycles. The predicted molar refractivity (Wildman–Crippen MR) is 89.5 cm³/mol. The number of nitrogens with one attached hydrogen (secondary N) is 1. The number of anilines is 2. The molecule has 1 saturated heterocycles. The first-order valence-corrected chi connectivity index (χ1v) is 7.80. The lowest BCUT2D eigenvalue weighted by Crippen LogP contribution is -2.37. The highest BCUT2D eigenvalue weighted by atomic mass is 35.5. The minimum atomic E-state index is -0.308. The fourth-order valence-electron chi connectivity index (χ4n) is 2.14. The van der Waals surface area contributed by atoms with E-state index in [1.165, 1.54) is 12.4 Å².